The quantitative estimate of drug-likeness (QED) is 0.813. The number of aromatic nitrogens is 2. The summed E-state index contributed by atoms with van der Waals surface area (Å²) in [6.07, 6.45) is 3.16. The zero-order chi connectivity index (χ0) is 13.7. The Labute approximate surface area is 115 Å². The first-order valence-corrected chi connectivity index (χ1v) is 6.01. The number of nitrogens with zero attached hydrogens (tertiary/aromatic N) is 2. The molecule has 2 aromatic rings. The van der Waals surface area contributed by atoms with Crippen LogP contribution in [-0.4, -0.2) is 20.9 Å². The molecule has 0 saturated carbocycles. The SMILES string of the molecule is NC(=S)c1ccc(C(=O)NCc2ccccn2)nc1. The third-order valence-electron chi connectivity index (χ3n) is 2.44. The zero-order valence-electron chi connectivity index (χ0n) is 10.0. The second kappa shape index (κ2) is 6.01. The molecule has 0 bridgehead atoms. The van der Waals surface area contributed by atoms with Gasteiger partial charge in [0.15, 0.2) is 0 Å². The highest BCUT2D eigenvalue weighted by Crippen LogP contribution is 2.01. The summed E-state index contributed by atoms with van der Waals surface area (Å²) >= 11 is 4.82. The Morgan fingerprint density at radius 2 is 2.11 bits per heavy atom. The van der Waals surface area contributed by atoms with Crippen molar-refractivity contribution in [3.8, 4) is 0 Å². The second-order valence-electron chi connectivity index (χ2n) is 3.80. The molecule has 0 unspecified atom stereocenters. The Morgan fingerprint density at radius 3 is 2.68 bits per heavy atom. The van der Waals surface area contributed by atoms with Gasteiger partial charge in [-0.15, -0.1) is 0 Å². The fourth-order valence-electron chi connectivity index (χ4n) is 1.44. The molecule has 0 aliphatic rings. The number of nitrogens with one attached hydrogen (secondary N) is 1. The van der Waals surface area contributed by atoms with Crippen molar-refractivity contribution in [2.75, 3.05) is 0 Å². The highest BCUT2D eigenvalue weighted by Gasteiger charge is 2.07. The molecule has 96 valence electrons. The van der Waals surface area contributed by atoms with Gasteiger partial charge in [0, 0.05) is 18.0 Å². The minimum absolute atomic E-state index is 0.257. The molecule has 0 spiro atoms. The maximum absolute atomic E-state index is 11.8. The van der Waals surface area contributed by atoms with Crippen LogP contribution in [0, 0.1) is 0 Å². The van der Waals surface area contributed by atoms with Gasteiger partial charge in [-0.25, -0.2) is 0 Å². The van der Waals surface area contributed by atoms with Crippen molar-refractivity contribution in [1.82, 2.24) is 15.3 Å². The summed E-state index contributed by atoms with van der Waals surface area (Å²) in [6.45, 7) is 0.360. The van der Waals surface area contributed by atoms with Gasteiger partial charge in [0.25, 0.3) is 5.91 Å². The van der Waals surface area contributed by atoms with Crippen LogP contribution < -0.4 is 11.1 Å². The Bertz CT molecular complexity index is 583. The van der Waals surface area contributed by atoms with Crippen molar-refractivity contribution in [2.45, 2.75) is 6.54 Å². The summed E-state index contributed by atoms with van der Waals surface area (Å²) in [5, 5.41) is 2.74. The Kier molecular flexibility index (Phi) is 4.15. The van der Waals surface area contributed by atoms with Gasteiger partial charge in [0.05, 0.1) is 12.2 Å². The normalized spacial score (nSPS) is 9.89. The number of hydrogen-bond donors (Lipinski definition) is 2. The molecule has 2 rings (SSSR count). The third-order valence-corrected chi connectivity index (χ3v) is 2.67. The van der Waals surface area contributed by atoms with Gasteiger partial charge in [0.2, 0.25) is 0 Å². The van der Waals surface area contributed by atoms with Crippen molar-refractivity contribution in [2.24, 2.45) is 5.73 Å². The Hall–Kier alpha value is -2.34. The maximum atomic E-state index is 11.8. The predicted octanol–water partition coefficient (Wildman–Crippen LogP) is 1.04. The molecule has 2 heterocycles. The highest BCUT2D eigenvalue weighted by molar-refractivity contribution is 7.80. The number of carbonyl (C=O) groups excluding carboxylic acids is 1. The predicted molar refractivity (Wildman–Crippen MR) is 75.5 cm³/mol. The maximum Gasteiger partial charge on any atom is 0.270 e. The van der Waals surface area contributed by atoms with Crippen molar-refractivity contribution in [3.63, 3.8) is 0 Å². The minimum Gasteiger partial charge on any atom is -0.389 e. The van der Waals surface area contributed by atoms with Gasteiger partial charge in [-0.2, -0.15) is 0 Å². The van der Waals surface area contributed by atoms with Crippen LogP contribution in [0.5, 0.6) is 0 Å². The Morgan fingerprint density at radius 1 is 1.26 bits per heavy atom. The monoisotopic (exact) mass is 272 g/mol. The molecule has 5 nitrogen and oxygen atoms in total. The van der Waals surface area contributed by atoms with E-state index >= 15 is 0 Å². The molecule has 3 N–H and O–H groups in total. The second-order valence-corrected chi connectivity index (χ2v) is 4.24. The van der Waals surface area contributed by atoms with Gasteiger partial charge in [-0.1, -0.05) is 18.3 Å². The van der Waals surface area contributed by atoms with Crippen LogP contribution in [0.1, 0.15) is 21.7 Å². The van der Waals surface area contributed by atoms with Crippen LogP contribution in [0.15, 0.2) is 42.7 Å². The number of carbonyl (C=O) groups is 1. The van der Waals surface area contributed by atoms with Gasteiger partial charge >= 0.3 is 0 Å². The Balaban J connectivity index is 1.98. The molecule has 1 amide bonds. The summed E-state index contributed by atoms with van der Waals surface area (Å²) in [4.78, 5) is 20.2. The standard InChI is InChI=1S/C13H12N4OS/c14-12(19)9-4-5-11(16-7-9)13(18)17-8-10-3-1-2-6-15-10/h1-7H,8H2,(H2,14,19)(H,17,18). The van der Waals surface area contributed by atoms with E-state index < -0.39 is 0 Å². The molecular formula is C13H12N4OS. The molecule has 2 aromatic heterocycles. The molecule has 0 atom stereocenters. The van der Waals surface area contributed by atoms with E-state index in [1.165, 1.54) is 6.20 Å². The molecule has 0 fully saturated rings. The molecule has 0 aromatic carbocycles. The van der Waals surface area contributed by atoms with E-state index in [0.29, 0.717) is 17.8 Å². The van der Waals surface area contributed by atoms with Gasteiger partial charge in [-0.05, 0) is 24.3 Å². The molecule has 19 heavy (non-hydrogen) atoms. The van der Waals surface area contributed by atoms with Gasteiger partial charge in [-0.3, -0.25) is 14.8 Å². The van der Waals surface area contributed by atoms with Crippen molar-refractivity contribution >= 4 is 23.1 Å². The molecule has 6 heteroatoms. The largest absolute Gasteiger partial charge is 0.389 e. The van der Waals surface area contributed by atoms with E-state index in [-0.39, 0.29) is 10.9 Å². The summed E-state index contributed by atoms with van der Waals surface area (Å²) in [5.74, 6) is -0.264. The van der Waals surface area contributed by atoms with E-state index in [2.05, 4.69) is 15.3 Å². The minimum atomic E-state index is -0.264. The first-order valence-electron chi connectivity index (χ1n) is 5.61. The number of rotatable bonds is 4. The van der Waals surface area contributed by atoms with E-state index in [1.54, 1.807) is 18.3 Å². The third kappa shape index (κ3) is 3.56. The van der Waals surface area contributed by atoms with Crippen LogP contribution in [0.2, 0.25) is 0 Å². The molecular weight excluding hydrogens is 260 g/mol. The van der Waals surface area contributed by atoms with Crippen molar-refractivity contribution in [3.05, 3.63) is 59.7 Å². The number of hydrogen-bond acceptors (Lipinski definition) is 4. The summed E-state index contributed by atoms with van der Waals surface area (Å²) in [5.41, 5.74) is 7.20. The molecule has 0 radical (unpaired) electrons. The van der Waals surface area contributed by atoms with Crippen LogP contribution in [0.4, 0.5) is 0 Å². The van der Waals surface area contributed by atoms with E-state index in [1.807, 2.05) is 18.2 Å². The average molecular weight is 272 g/mol. The highest BCUT2D eigenvalue weighted by atomic mass is 32.1. The van der Waals surface area contributed by atoms with Gasteiger partial charge in [0.1, 0.15) is 10.7 Å². The van der Waals surface area contributed by atoms with Crippen LogP contribution in [0.25, 0.3) is 0 Å². The molecule has 0 aliphatic carbocycles. The number of pyridine rings is 2. The van der Waals surface area contributed by atoms with Gasteiger partial charge < -0.3 is 11.1 Å². The van der Waals surface area contributed by atoms with Crippen molar-refractivity contribution < 1.29 is 4.79 Å². The zero-order valence-corrected chi connectivity index (χ0v) is 10.9. The molecule has 0 aliphatic heterocycles. The summed E-state index contributed by atoms with van der Waals surface area (Å²) in [6, 6.07) is 8.78. The van der Waals surface area contributed by atoms with Crippen molar-refractivity contribution in [1.29, 1.82) is 0 Å². The summed E-state index contributed by atoms with van der Waals surface area (Å²) in [7, 11) is 0. The van der Waals surface area contributed by atoms with E-state index in [0.717, 1.165) is 5.69 Å². The first-order chi connectivity index (χ1) is 9.16. The lowest BCUT2D eigenvalue weighted by Crippen LogP contribution is -2.24. The smallest absolute Gasteiger partial charge is 0.270 e. The molecule has 0 saturated heterocycles. The fourth-order valence-corrected chi connectivity index (χ4v) is 1.56. The number of amides is 1. The van der Waals surface area contributed by atoms with Crippen LogP contribution in [0.3, 0.4) is 0 Å². The lowest BCUT2D eigenvalue weighted by atomic mass is 10.2. The number of thiocarbonyl (C=S) groups is 1. The first kappa shape index (κ1) is 13.1. The topological polar surface area (TPSA) is 80.9 Å². The van der Waals surface area contributed by atoms with E-state index in [4.69, 9.17) is 18.0 Å². The lowest BCUT2D eigenvalue weighted by molar-refractivity contribution is 0.0945. The van der Waals surface area contributed by atoms with E-state index in [9.17, 15) is 4.79 Å². The number of nitrogens with two attached hydrogens (primary N) is 1. The van der Waals surface area contributed by atoms with Crippen LogP contribution in [-0.2, 0) is 6.54 Å². The summed E-state index contributed by atoms with van der Waals surface area (Å²) < 4.78 is 0. The fraction of sp³-hybridized carbons (Fsp3) is 0.0769. The van der Waals surface area contributed by atoms with Crippen LogP contribution >= 0.6 is 12.2 Å². The average Bonchev–Trinajstić information content (AvgIpc) is 2.46. The lowest BCUT2D eigenvalue weighted by Gasteiger charge is -2.04.